The van der Waals surface area contributed by atoms with Crippen LogP contribution in [0.25, 0.3) is 0 Å². The minimum Gasteiger partial charge on any atom is -0.347 e. The minimum atomic E-state index is -0.265. The van der Waals surface area contributed by atoms with Gasteiger partial charge in [0.1, 0.15) is 0 Å². The summed E-state index contributed by atoms with van der Waals surface area (Å²) in [7, 11) is 2.15. The van der Waals surface area contributed by atoms with E-state index in [1.54, 1.807) is 0 Å². The van der Waals surface area contributed by atoms with Crippen LogP contribution in [0.15, 0.2) is 12.2 Å². The van der Waals surface area contributed by atoms with Crippen LogP contribution in [-0.4, -0.2) is 43.5 Å². The third-order valence-electron chi connectivity index (χ3n) is 5.26. The van der Waals surface area contributed by atoms with Crippen LogP contribution in [-0.2, 0) is 9.47 Å². The van der Waals surface area contributed by atoms with E-state index in [1.165, 1.54) is 18.4 Å². The first kappa shape index (κ1) is 18.0. The molecular weight excluding hydrogens is 274 g/mol. The Labute approximate surface area is 137 Å². The largest absolute Gasteiger partial charge is 0.347 e. The van der Waals surface area contributed by atoms with Gasteiger partial charge in [-0.25, -0.2) is 0 Å². The molecule has 2 aliphatic rings. The number of rotatable bonds is 5. The fourth-order valence-electron chi connectivity index (χ4n) is 3.85. The second kappa shape index (κ2) is 7.02. The van der Waals surface area contributed by atoms with Crippen LogP contribution in [0, 0.1) is 11.3 Å². The van der Waals surface area contributed by atoms with E-state index in [9.17, 15) is 0 Å². The lowest BCUT2D eigenvalue weighted by Crippen LogP contribution is -2.39. The molecule has 0 amide bonds. The third kappa shape index (κ3) is 4.81. The normalized spacial score (nSPS) is 32.8. The highest BCUT2D eigenvalue weighted by Gasteiger charge is 2.45. The van der Waals surface area contributed by atoms with Crippen LogP contribution in [0.4, 0.5) is 0 Å². The summed E-state index contributed by atoms with van der Waals surface area (Å²) in [5, 5.41) is 0. The summed E-state index contributed by atoms with van der Waals surface area (Å²) in [6.45, 7) is 15.9. The van der Waals surface area contributed by atoms with Gasteiger partial charge in [-0.3, -0.25) is 0 Å². The number of ether oxygens (including phenoxy) is 2. The van der Waals surface area contributed by atoms with Crippen molar-refractivity contribution in [1.82, 2.24) is 4.90 Å². The van der Waals surface area contributed by atoms with Crippen LogP contribution in [0.1, 0.15) is 59.8 Å². The molecule has 2 rings (SSSR count). The summed E-state index contributed by atoms with van der Waals surface area (Å²) in [5.74, 6) is 0.533. The second-order valence-electron chi connectivity index (χ2n) is 8.59. The Bertz CT molecular complexity index is 377. The molecule has 1 aliphatic heterocycles. The van der Waals surface area contributed by atoms with Crippen LogP contribution in [0.5, 0.6) is 0 Å². The summed E-state index contributed by atoms with van der Waals surface area (Å²) >= 11 is 0. The van der Waals surface area contributed by atoms with Crippen molar-refractivity contribution < 1.29 is 9.47 Å². The molecule has 1 saturated heterocycles. The number of likely N-dealkylation sites (N-methyl/N-ethyl adjacent to an activating group) is 1. The molecule has 0 N–H and O–H groups in total. The number of nitrogens with zero attached hydrogens (tertiary/aromatic N) is 1. The average molecular weight is 309 g/mol. The lowest BCUT2D eigenvalue weighted by Gasteiger charge is -2.41. The van der Waals surface area contributed by atoms with Crippen molar-refractivity contribution >= 4 is 0 Å². The van der Waals surface area contributed by atoms with Crippen molar-refractivity contribution in [3.8, 4) is 0 Å². The summed E-state index contributed by atoms with van der Waals surface area (Å²) in [6.07, 6.45) is 5.89. The molecule has 1 aliphatic carbocycles. The first-order valence-electron chi connectivity index (χ1n) is 8.85. The predicted octanol–water partition coefficient (Wildman–Crippen LogP) is 4.23. The number of hydrogen-bond donors (Lipinski definition) is 0. The first-order chi connectivity index (χ1) is 10.2. The maximum atomic E-state index is 6.33. The fourth-order valence-corrected chi connectivity index (χ4v) is 3.85. The Hall–Kier alpha value is -0.380. The first-order valence-corrected chi connectivity index (χ1v) is 8.85. The maximum absolute atomic E-state index is 6.33. The molecule has 0 aromatic rings. The molecule has 3 nitrogen and oxygen atoms in total. The average Bonchev–Trinajstić information content (AvgIpc) is 2.78. The highest BCUT2D eigenvalue weighted by molar-refractivity contribution is 4.92. The molecule has 1 atom stereocenters. The van der Waals surface area contributed by atoms with E-state index in [4.69, 9.17) is 9.47 Å². The van der Waals surface area contributed by atoms with Crippen molar-refractivity contribution in [2.75, 3.05) is 26.7 Å². The van der Waals surface area contributed by atoms with Gasteiger partial charge in [0.25, 0.3) is 0 Å². The van der Waals surface area contributed by atoms with Crippen LogP contribution >= 0.6 is 0 Å². The van der Waals surface area contributed by atoms with Gasteiger partial charge >= 0.3 is 0 Å². The van der Waals surface area contributed by atoms with Crippen molar-refractivity contribution in [3.05, 3.63) is 12.2 Å². The second-order valence-corrected chi connectivity index (χ2v) is 8.59. The standard InChI is InChI=1S/C19H35NO2/c1-15(2)13-20(6)12-9-17-14-21-19(22-17)10-7-16(8-11-19)18(3,4)5/h16-17H,1,7-14H2,2-6H3. The molecule has 0 aromatic heterocycles. The van der Waals surface area contributed by atoms with Gasteiger partial charge in [0, 0.05) is 25.9 Å². The molecule has 1 spiro atoms. The lowest BCUT2D eigenvalue weighted by molar-refractivity contribution is -0.197. The lowest BCUT2D eigenvalue weighted by atomic mass is 9.71. The maximum Gasteiger partial charge on any atom is 0.168 e. The fraction of sp³-hybridized carbons (Fsp3) is 0.895. The zero-order valence-electron chi connectivity index (χ0n) is 15.3. The van der Waals surface area contributed by atoms with Gasteiger partial charge in [0.15, 0.2) is 5.79 Å². The molecular formula is C19H35NO2. The van der Waals surface area contributed by atoms with Crippen molar-refractivity contribution in [2.24, 2.45) is 11.3 Å². The Kier molecular flexibility index (Phi) is 5.73. The Morgan fingerprint density at radius 1 is 1.27 bits per heavy atom. The molecule has 2 fully saturated rings. The van der Waals surface area contributed by atoms with Crippen molar-refractivity contribution in [2.45, 2.75) is 71.7 Å². The smallest absolute Gasteiger partial charge is 0.168 e. The minimum absolute atomic E-state index is 0.263. The predicted molar refractivity (Wildman–Crippen MR) is 91.9 cm³/mol. The topological polar surface area (TPSA) is 21.7 Å². The molecule has 128 valence electrons. The van der Waals surface area contributed by atoms with E-state index in [0.717, 1.165) is 44.9 Å². The SMILES string of the molecule is C=C(C)CN(C)CCC1COC2(CCC(C(C)(C)C)CC2)O1. The molecule has 3 heteroatoms. The highest BCUT2D eigenvalue weighted by Crippen LogP contribution is 2.45. The van der Waals surface area contributed by atoms with Gasteiger partial charge in [-0.2, -0.15) is 0 Å². The molecule has 22 heavy (non-hydrogen) atoms. The van der Waals surface area contributed by atoms with E-state index >= 15 is 0 Å². The van der Waals surface area contributed by atoms with Crippen LogP contribution in [0.2, 0.25) is 0 Å². The number of hydrogen-bond acceptors (Lipinski definition) is 3. The third-order valence-corrected chi connectivity index (χ3v) is 5.26. The summed E-state index contributed by atoms with van der Waals surface area (Å²) in [5.41, 5.74) is 1.62. The molecule has 0 radical (unpaired) electrons. The van der Waals surface area contributed by atoms with Gasteiger partial charge in [-0.15, -0.1) is 0 Å². The van der Waals surface area contributed by atoms with E-state index in [0.29, 0.717) is 5.41 Å². The highest BCUT2D eigenvalue weighted by atomic mass is 16.7. The molecule has 0 bridgehead atoms. The van der Waals surface area contributed by atoms with Gasteiger partial charge in [0.05, 0.1) is 12.7 Å². The molecule has 1 saturated carbocycles. The van der Waals surface area contributed by atoms with E-state index in [1.807, 2.05) is 0 Å². The van der Waals surface area contributed by atoms with E-state index in [2.05, 4.69) is 46.2 Å². The van der Waals surface area contributed by atoms with E-state index < -0.39 is 0 Å². The zero-order chi connectivity index (χ0) is 16.4. The Balaban J connectivity index is 1.75. The Morgan fingerprint density at radius 2 is 1.91 bits per heavy atom. The quantitative estimate of drug-likeness (QED) is 0.709. The Morgan fingerprint density at radius 3 is 2.45 bits per heavy atom. The van der Waals surface area contributed by atoms with Gasteiger partial charge in [-0.1, -0.05) is 32.9 Å². The monoisotopic (exact) mass is 309 g/mol. The van der Waals surface area contributed by atoms with Gasteiger partial charge in [-0.05, 0) is 44.6 Å². The summed E-state index contributed by atoms with van der Waals surface area (Å²) in [4.78, 5) is 2.31. The van der Waals surface area contributed by atoms with Crippen molar-refractivity contribution in [3.63, 3.8) is 0 Å². The molecule has 0 aromatic carbocycles. The summed E-state index contributed by atoms with van der Waals surface area (Å²) in [6, 6.07) is 0. The van der Waals surface area contributed by atoms with Crippen molar-refractivity contribution in [1.29, 1.82) is 0 Å². The van der Waals surface area contributed by atoms with E-state index in [-0.39, 0.29) is 11.9 Å². The molecule has 1 unspecified atom stereocenters. The molecule has 1 heterocycles. The summed E-state index contributed by atoms with van der Waals surface area (Å²) < 4.78 is 12.4. The van der Waals surface area contributed by atoms with Gasteiger partial charge in [0.2, 0.25) is 0 Å². The van der Waals surface area contributed by atoms with Crippen LogP contribution < -0.4 is 0 Å². The zero-order valence-corrected chi connectivity index (χ0v) is 15.3. The van der Waals surface area contributed by atoms with Gasteiger partial charge < -0.3 is 14.4 Å². The van der Waals surface area contributed by atoms with Crippen LogP contribution in [0.3, 0.4) is 0 Å².